The van der Waals surface area contributed by atoms with Gasteiger partial charge < -0.3 is 4.74 Å². The van der Waals surface area contributed by atoms with Crippen molar-refractivity contribution in [2.75, 3.05) is 6.61 Å². The number of rotatable bonds is 17. The number of unbranched alkanes of at least 4 members (excludes halogenated alkanes) is 15. The molecule has 1 unspecified atom stereocenters. The normalized spacial score (nSPS) is 17.9. The van der Waals surface area contributed by atoms with E-state index < -0.39 is 0 Å². The molecule has 0 saturated carbocycles. The molecule has 1 rings (SSSR count). The Labute approximate surface area is 147 Å². The van der Waals surface area contributed by atoms with Crippen LogP contribution in [0, 0.1) is 0 Å². The average Bonchev–Trinajstić information content (AvgIpc) is 3.08. The van der Waals surface area contributed by atoms with Crippen molar-refractivity contribution in [3.05, 3.63) is 0 Å². The minimum Gasteiger partial charge on any atom is -0.378 e. The van der Waals surface area contributed by atoms with Gasteiger partial charge in [0.15, 0.2) is 0 Å². The molecule has 1 fully saturated rings. The van der Waals surface area contributed by atoms with Crippen LogP contribution in [0.3, 0.4) is 0 Å². The molecule has 138 valence electrons. The molecule has 0 aromatic carbocycles. The van der Waals surface area contributed by atoms with Crippen LogP contribution in [0.15, 0.2) is 0 Å². The van der Waals surface area contributed by atoms with Crippen LogP contribution >= 0.6 is 0 Å². The molecule has 23 heavy (non-hydrogen) atoms. The first kappa shape index (κ1) is 21.0. The Morgan fingerprint density at radius 2 is 1.04 bits per heavy atom. The molecule has 1 heterocycles. The van der Waals surface area contributed by atoms with Crippen molar-refractivity contribution >= 4 is 0 Å². The summed E-state index contributed by atoms with van der Waals surface area (Å²) in [6, 6.07) is 0. The van der Waals surface area contributed by atoms with Gasteiger partial charge in [0.25, 0.3) is 0 Å². The summed E-state index contributed by atoms with van der Waals surface area (Å²) >= 11 is 0. The summed E-state index contributed by atoms with van der Waals surface area (Å²) in [7, 11) is 0. The zero-order valence-electron chi connectivity index (χ0n) is 16.1. The van der Waals surface area contributed by atoms with Crippen LogP contribution < -0.4 is 0 Å². The minimum atomic E-state index is 0.613. The van der Waals surface area contributed by atoms with Gasteiger partial charge in [0.1, 0.15) is 0 Å². The summed E-state index contributed by atoms with van der Waals surface area (Å²) in [5, 5.41) is 0. The monoisotopic (exact) mass is 324 g/mol. The van der Waals surface area contributed by atoms with E-state index in [-0.39, 0.29) is 0 Å². The summed E-state index contributed by atoms with van der Waals surface area (Å²) in [6.07, 6.45) is 27.8. The van der Waals surface area contributed by atoms with Gasteiger partial charge in [0.2, 0.25) is 0 Å². The fourth-order valence-corrected chi connectivity index (χ4v) is 3.79. The quantitative estimate of drug-likeness (QED) is 0.248. The van der Waals surface area contributed by atoms with E-state index in [1.165, 1.54) is 122 Å². The van der Waals surface area contributed by atoms with E-state index in [0.29, 0.717) is 6.10 Å². The van der Waals surface area contributed by atoms with E-state index in [1.54, 1.807) is 0 Å². The molecule has 0 radical (unpaired) electrons. The van der Waals surface area contributed by atoms with Gasteiger partial charge in [0.05, 0.1) is 6.10 Å². The summed E-state index contributed by atoms with van der Waals surface area (Å²) in [4.78, 5) is 0. The first-order valence-electron chi connectivity index (χ1n) is 11.0. The molecule has 0 bridgehead atoms. The summed E-state index contributed by atoms with van der Waals surface area (Å²) in [6.45, 7) is 3.31. The maximum absolute atomic E-state index is 5.68. The molecule has 1 atom stereocenters. The van der Waals surface area contributed by atoms with Gasteiger partial charge >= 0.3 is 0 Å². The molecule has 0 amide bonds. The number of hydrogen-bond acceptors (Lipinski definition) is 1. The van der Waals surface area contributed by atoms with Gasteiger partial charge in [-0.1, -0.05) is 110 Å². The van der Waals surface area contributed by atoms with Crippen LogP contribution in [0.4, 0.5) is 0 Å². The largest absolute Gasteiger partial charge is 0.378 e. The zero-order valence-corrected chi connectivity index (χ0v) is 16.1. The van der Waals surface area contributed by atoms with Crippen LogP contribution in [0.2, 0.25) is 0 Å². The molecule has 0 spiro atoms. The molecule has 0 aromatic heterocycles. The maximum Gasteiger partial charge on any atom is 0.0576 e. The van der Waals surface area contributed by atoms with Gasteiger partial charge in [0, 0.05) is 6.61 Å². The van der Waals surface area contributed by atoms with E-state index in [2.05, 4.69) is 6.92 Å². The minimum absolute atomic E-state index is 0.613. The molecule has 0 aliphatic carbocycles. The first-order valence-corrected chi connectivity index (χ1v) is 11.0. The van der Waals surface area contributed by atoms with Gasteiger partial charge in [-0.05, 0) is 19.3 Å². The van der Waals surface area contributed by atoms with Gasteiger partial charge in [-0.25, -0.2) is 0 Å². The van der Waals surface area contributed by atoms with E-state index in [0.717, 1.165) is 6.61 Å². The van der Waals surface area contributed by atoms with Crippen molar-refractivity contribution in [1.82, 2.24) is 0 Å². The van der Waals surface area contributed by atoms with Gasteiger partial charge in [-0.3, -0.25) is 0 Å². The van der Waals surface area contributed by atoms with Crippen LogP contribution in [0.1, 0.15) is 129 Å². The van der Waals surface area contributed by atoms with Gasteiger partial charge in [-0.15, -0.1) is 0 Å². The predicted molar refractivity (Wildman–Crippen MR) is 103 cm³/mol. The molecule has 1 saturated heterocycles. The Bertz CT molecular complexity index is 220. The van der Waals surface area contributed by atoms with Crippen molar-refractivity contribution in [2.45, 2.75) is 135 Å². The molecule has 1 nitrogen and oxygen atoms in total. The van der Waals surface area contributed by atoms with Crippen molar-refractivity contribution in [2.24, 2.45) is 0 Å². The fraction of sp³-hybridized carbons (Fsp3) is 1.00. The highest BCUT2D eigenvalue weighted by molar-refractivity contribution is 4.64. The van der Waals surface area contributed by atoms with Crippen molar-refractivity contribution < 1.29 is 4.74 Å². The molecule has 1 aliphatic heterocycles. The lowest BCUT2D eigenvalue weighted by Crippen LogP contribution is -2.03. The molecule has 1 heteroatoms. The fourth-order valence-electron chi connectivity index (χ4n) is 3.79. The van der Waals surface area contributed by atoms with Crippen molar-refractivity contribution in [3.63, 3.8) is 0 Å². The zero-order chi connectivity index (χ0) is 16.4. The Kier molecular flexibility index (Phi) is 15.3. The molecule has 0 aromatic rings. The summed E-state index contributed by atoms with van der Waals surface area (Å²) in [5.74, 6) is 0. The number of hydrogen-bond donors (Lipinski definition) is 0. The maximum atomic E-state index is 5.68. The van der Waals surface area contributed by atoms with Gasteiger partial charge in [-0.2, -0.15) is 0 Å². The van der Waals surface area contributed by atoms with Crippen LogP contribution in [-0.4, -0.2) is 12.7 Å². The second kappa shape index (κ2) is 16.8. The van der Waals surface area contributed by atoms with Crippen LogP contribution in [-0.2, 0) is 4.74 Å². The Morgan fingerprint density at radius 3 is 1.43 bits per heavy atom. The summed E-state index contributed by atoms with van der Waals surface area (Å²) in [5.41, 5.74) is 0. The third kappa shape index (κ3) is 14.0. The SMILES string of the molecule is CCCCCCCCCCCCCCCCCCC1CCCO1. The molecular formula is C22H44O. The highest BCUT2D eigenvalue weighted by Gasteiger charge is 2.14. The average molecular weight is 325 g/mol. The molecule has 1 aliphatic rings. The van der Waals surface area contributed by atoms with Crippen LogP contribution in [0.5, 0.6) is 0 Å². The first-order chi connectivity index (χ1) is 11.4. The Balaban J connectivity index is 1.64. The highest BCUT2D eigenvalue weighted by Crippen LogP contribution is 2.19. The smallest absolute Gasteiger partial charge is 0.0576 e. The number of ether oxygens (including phenoxy) is 1. The standard InChI is InChI=1S/C22H44O/c1-2-3-4-5-6-7-8-9-10-11-12-13-14-15-16-17-19-22-20-18-21-23-22/h22H,2-21H2,1H3. The van der Waals surface area contributed by atoms with E-state index in [1.807, 2.05) is 0 Å². The van der Waals surface area contributed by atoms with Crippen molar-refractivity contribution in [3.8, 4) is 0 Å². The molecule has 0 N–H and O–H groups in total. The van der Waals surface area contributed by atoms with Crippen molar-refractivity contribution in [1.29, 1.82) is 0 Å². The lowest BCUT2D eigenvalue weighted by atomic mass is 10.0. The molecular weight excluding hydrogens is 280 g/mol. The summed E-state index contributed by atoms with van der Waals surface area (Å²) < 4.78 is 5.68. The van der Waals surface area contributed by atoms with E-state index >= 15 is 0 Å². The third-order valence-corrected chi connectivity index (χ3v) is 5.40. The topological polar surface area (TPSA) is 9.23 Å². The second-order valence-corrected chi connectivity index (χ2v) is 7.73. The Morgan fingerprint density at radius 1 is 0.609 bits per heavy atom. The highest BCUT2D eigenvalue weighted by atomic mass is 16.5. The lowest BCUT2D eigenvalue weighted by molar-refractivity contribution is 0.102. The second-order valence-electron chi connectivity index (χ2n) is 7.73. The predicted octanol–water partition coefficient (Wildman–Crippen LogP) is 7.82. The lowest BCUT2D eigenvalue weighted by Gasteiger charge is -2.08. The van der Waals surface area contributed by atoms with Crippen LogP contribution in [0.25, 0.3) is 0 Å². The van der Waals surface area contributed by atoms with E-state index in [9.17, 15) is 0 Å². The van der Waals surface area contributed by atoms with E-state index in [4.69, 9.17) is 4.74 Å². The third-order valence-electron chi connectivity index (χ3n) is 5.40. The Hall–Kier alpha value is -0.0400.